The molecule has 6 N–H and O–H groups in total. The van der Waals surface area contributed by atoms with E-state index in [-0.39, 0.29) is 29.8 Å². The Morgan fingerprint density at radius 3 is 2.88 bits per heavy atom. The summed E-state index contributed by atoms with van der Waals surface area (Å²) in [6, 6.07) is -1.14. The molecule has 33 heavy (non-hydrogen) atoms. The lowest BCUT2D eigenvalue weighted by atomic mass is 10.1. The summed E-state index contributed by atoms with van der Waals surface area (Å²) in [4.78, 5) is 44.6. The molecule has 0 radical (unpaired) electrons. The molecule has 1 aliphatic heterocycles. The van der Waals surface area contributed by atoms with Crippen molar-refractivity contribution in [1.29, 1.82) is 0 Å². The maximum absolute atomic E-state index is 12.2. The van der Waals surface area contributed by atoms with Gasteiger partial charge in [0.15, 0.2) is 17.7 Å². The van der Waals surface area contributed by atoms with Crippen LogP contribution in [0.5, 0.6) is 0 Å². The van der Waals surface area contributed by atoms with Gasteiger partial charge in [-0.05, 0) is 18.4 Å². The Bertz CT molecular complexity index is 1040. The van der Waals surface area contributed by atoms with Crippen LogP contribution in [0.15, 0.2) is 12.7 Å². The van der Waals surface area contributed by atoms with Crippen LogP contribution in [-0.2, 0) is 27.9 Å². The van der Waals surface area contributed by atoms with Crippen LogP contribution in [-0.4, -0.2) is 90.0 Å². The summed E-state index contributed by atoms with van der Waals surface area (Å²) in [5.41, 5.74) is 6.23. The number of hydrogen-bond donors (Lipinski definition) is 5. The molecule has 0 aliphatic carbocycles. The minimum Gasteiger partial charge on any atom is -0.387 e. The van der Waals surface area contributed by atoms with Crippen molar-refractivity contribution in [3.63, 3.8) is 0 Å². The summed E-state index contributed by atoms with van der Waals surface area (Å²) in [5, 5.41) is 22.9. The molecule has 0 bridgehead atoms. The van der Waals surface area contributed by atoms with Gasteiger partial charge in [0, 0.05) is 0 Å². The number of nitrogen functional groups attached to an aromatic ring is 1. The molecule has 1 fully saturated rings. The molecule has 2 aromatic rings. The number of aromatic nitrogens is 4. The lowest BCUT2D eigenvalue weighted by molar-refractivity contribution is -0.140. The van der Waals surface area contributed by atoms with Crippen LogP contribution in [0.4, 0.5) is 5.82 Å². The third kappa shape index (κ3) is 5.78. The van der Waals surface area contributed by atoms with Crippen molar-refractivity contribution in [3.05, 3.63) is 12.7 Å². The van der Waals surface area contributed by atoms with Crippen LogP contribution in [0, 0.1) is 0 Å². The van der Waals surface area contributed by atoms with Crippen LogP contribution in [0.2, 0.25) is 0 Å². The van der Waals surface area contributed by atoms with Crippen molar-refractivity contribution in [1.82, 2.24) is 24.8 Å². The SMILES string of the molecule is CSCC[C@H](NC=O)C(=O)OP(=O)(O)OC[C@H]1O[C@@H](n2cnc3c(N)ncnc32)[C@H](O)[C@@H]1O. The highest BCUT2D eigenvalue weighted by Gasteiger charge is 2.45. The van der Waals surface area contributed by atoms with E-state index < -0.39 is 51.0 Å². The van der Waals surface area contributed by atoms with Gasteiger partial charge in [-0.25, -0.2) is 24.3 Å². The number of ether oxygens (including phenoxy) is 1. The number of thioether (sulfide) groups is 1. The highest BCUT2D eigenvalue weighted by atomic mass is 32.2. The summed E-state index contributed by atoms with van der Waals surface area (Å²) in [6.45, 7) is -0.698. The zero-order valence-corrected chi connectivity index (χ0v) is 19.0. The topological polar surface area (TPSA) is 221 Å². The minimum absolute atomic E-state index is 0.106. The van der Waals surface area contributed by atoms with Crippen LogP contribution < -0.4 is 11.1 Å². The lowest BCUT2D eigenvalue weighted by Crippen LogP contribution is -2.37. The number of fused-ring (bicyclic) bond motifs is 1. The number of imidazole rings is 1. The van der Waals surface area contributed by atoms with E-state index in [9.17, 15) is 29.3 Å². The molecule has 1 saturated heterocycles. The number of carbonyl (C=O) groups excluding carboxylic acids is 2. The summed E-state index contributed by atoms with van der Waals surface area (Å²) < 4.78 is 28.4. The van der Waals surface area contributed by atoms with Gasteiger partial charge in [-0.15, -0.1) is 0 Å². The van der Waals surface area contributed by atoms with Gasteiger partial charge in [0.1, 0.15) is 36.2 Å². The molecule has 182 valence electrons. The third-order valence-electron chi connectivity index (χ3n) is 4.77. The second-order valence-electron chi connectivity index (χ2n) is 6.92. The number of aliphatic hydroxyl groups is 2. The number of nitrogens with one attached hydrogen (secondary N) is 1. The predicted octanol–water partition coefficient (Wildman–Crippen LogP) is -1.44. The number of phosphoric ester groups is 1. The Morgan fingerprint density at radius 2 is 2.18 bits per heavy atom. The smallest absolute Gasteiger partial charge is 0.387 e. The average molecular weight is 506 g/mol. The van der Waals surface area contributed by atoms with Crippen LogP contribution in [0.25, 0.3) is 11.2 Å². The second kappa shape index (κ2) is 10.7. The van der Waals surface area contributed by atoms with E-state index in [1.165, 1.54) is 29.0 Å². The molecule has 0 aromatic carbocycles. The zero-order valence-electron chi connectivity index (χ0n) is 17.3. The molecule has 1 amide bonds. The first kappa shape index (κ1) is 25.3. The first-order valence-electron chi connectivity index (χ1n) is 9.52. The normalized spacial score (nSPS) is 25.5. The largest absolute Gasteiger partial charge is 0.529 e. The Kier molecular flexibility index (Phi) is 8.23. The number of aliphatic hydroxyl groups excluding tert-OH is 2. The molecule has 17 heteroatoms. The highest BCUT2D eigenvalue weighted by molar-refractivity contribution is 7.98. The molecule has 3 heterocycles. The summed E-state index contributed by atoms with van der Waals surface area (Å²) >= 11 is 1.40. The van der Waals surface area contributed by atoms with E-state index in [0.29, 0.717) is 5.75 Å². The number of nitrogens with zero attached hydrogens (tertiary/aromatic N) is 4. The average Bonchev–Trinajstić information content (AvgIpc) is 3.32. The van der Waals surface area contributed by atoms with Gasteiger partial charge >= 0.3 is 13.8 Å². The zero-order chi connectivity index (χ0) is 24.2. The van der Waals surface area contributed by atoms with Gasteiger partial charge in [-0.3, -0.25) is 18.8 Å². The van der Waals surface area contributed by atoms with Crippen molar-refractivity contribution in [2.45, 2.75) is 37.0 Å². The number of nitrogens with two attached hydrogens (primary N) is 1. The van der Waals surface area contributed by atoms with E-state index in [4.69, 9.17) is 15.0 Å². The Hall–Kier alpha value is -2.33. The Morgan fingerprint density at radius 1 is 1.42 bits per heavy atom. The van der Waals surface area contributed by atoms with E-state index >= 15 is 0 Å². The van der Waals surface area contributed by atoms with E-state index in [0.717, 1.165) is 0 Å². The maximum atomic E-state index is 12.2. The van der Waals surface area contributed by atoms with Crippen molar-refractivity contribution >= 4 is 48.9 Å². The molecule has 2 aromatic heterocycles. The van der Waals surface area contributed by atoms with Gasteiger partial charge in [-0.1, -0.05) is 0 Å². The quantitative estimate of drug-likeness (QED) is 0.174. The minimum atomic E-state index is -4.92. The van der Waals surface area contributed by atoms with Crippen molar-refractivity contribution < 1.29 is 43.0 Å². The van der Waals surface area contributed by atoms with Crippen LogP contribution in [0.1, 0.15) is 12.6 Å². The Balaban J connectivity index is 1.63. The van der Waals surface area contributed by atoms with Gasteiger partial charge < -0.3 is 30.5 Å². The molecule has 1 aliphatic rings. The molecule has 1 unspecified atom stereocenters. The van der Waals surface area contributed by atoms with Crippen molar-refractivity contribution in [2.24, 2.45) is 0 Å². The molecule has 3 rings (SSSR count). The number of anilines is 1. The van der Waals surface area contributed by atoms with E-state index in [1.54, 1.807) is 6.26 Å². The highest BCUT2D eigenvalue weighted by Crippen LogP contribution is 2.45. The van der Waals surface area contributed by atoms with Crippen molar-refractivity contribution in [3.8, 4) is 0 Å². The number of amides is 1. The second-order valence-corrected chi connectivity index (χ2v) is 9.29. The first-order chi connectivity index (χ1) is 15.7. The fraction of sp³-hybridized carbons (Fsp3) is 0.562. The molecule has 15 nitrogen and oxygen atoms in total. The predicted molar refractivity (Wildman–Crippen MR) is 114 cm³/mol. The number of rotatable bonds is 11. The monoisotopic (exact) mass is 506 g/mol. The molecular weight excluding hydrogens is 483 g/mol. The van der Waals surface area contributed by atoms with Crippen LogP contribution in [0.3, 0.4) is 0 Å². The molecule has 0 saturated carbocycles. The lowest BCUT2D eigenvalue weighted by Gasteiger charge is -2.19. The maximum Gasteiger partial charge on any atom is 0.529 e. The standard InChI is InChI=1S/C16H23N6O9PS/c1-33-3-2-8(21-7-23)16(26)31-32(27,28)29-4-9-11(24)12(25)15(30-9)22-6-20-10-13(17)18-5-19-14(10)22/h5-9,11-12,15,24-25H,2-4H2,1H3,(H,21,23)(H,27,28)(H2,17,18,19)/t8-,9+,11+,12+,15+/m0/s1. The van der Waals surface area contributed by atoms with Gasteiger partial charge in [0.2, 0.25) is 6.41 Å². The van der Waals surface area contributed by atoms with E-state index in [2.05, 4.69) is 24.8 Å². The van der Waals surface area contributed by atoms with Crippen LogP contribution >= 0.6 is 19.6 Å². The van der Waals surface area contributed by atoms with E-state index in [1.807, 2.05) is 0 Å². The number of hydrogen-bond acceptors (Lipinski definition) is 13. The third-order valence-corrected chi connectivity index (χ3v) is 6.30. The van der Waals surface area contributed by atoms with Gasteiger partial charge in [-0.2, -0.15) is 11.8 Å². The fourth-order valence-electron chi connectivity index (χ4n) is 3.11. The summed E-state index contributed by atoms with van der Waals surface area (Å²) in [5.74, 6) is -0.567. The number of phosphoric acid groups is 1. The fourth-order valence-corrected chi connectivity index (χ4v) is 4.33. The molecule has 6 atom stereocenters. The van der Waals surface area contributed by atoms with Gasteiger partial charge in [0.05, 0.1) is 12.9 Å². The number of carbonyl (C=O) groups is 2. The molecular formula is C16H23N6O9PS. The van der Waals surface area contributed by atoms with Gasteiger partial charge in [0.25, 0.3) is 0 Å². The molecule has 0 spiro atoms. The van der Waals surface area contributed by atoms with Crippen molar-refractivity contribution in [2.75, 3.05) is 24.3 Å². The summed E-state index contributed by atoms with van der Waals surface area (Å²) in [7, 11) is -4.92. The Labute approximate surface area is 191 Å². The first-order valence-corrected chi connectivity index (χ1v) is 12.4. The summed E-state index contributed by atoms with van der Waals surface area (Å²) in [6.07, 6.45) is -0.714.